The third-order valence-corrected chi connectivity index (χ3v) is 2.17. The average molecular weight is 229 g/mol. The highest BCUT2D eigenvalue weighted by atomic mass is 16.6. The van der Waals surface area contributed by atoms with E-state index in [4.69, 9.17) is 4.74 Å². The van der Waals surface area contributed by atoms with E-state index >= 15 is 0 Å². The van der Waals surface area contributed by atoms with Crippen molar-refractivity contribution in [2.75, 3.05) is 13.6 Å². The van der Waals surface area contributed by atoms with Gasteiger partial charge >= 0.3 is 6.09 Å². The first-order valence-electron chi connectivity index (χ1n) is 5.29. The van der Waals surface area contributed by atoms with Crippen LogP contribution in [0.2, 0.25) is 0 Å². The quantitative estimate of drug-likeness (QED) is 0.666. The zero-order valence-electron chi connectivity index (χ0n) is 10.2. The van der Waals surface area contributed by atoms with Crippen LogP contribution in [0.25, 0.3) is 0 Å². The van der Waals surface area contributed by atoms with Gasteiger partial charge in [-0.2, -0.15) is 0 Å². The maximum Gasteiger partial charge on any atom is 0.422 e. The predicted octanol–water partition coefficient (Wildman–Crippen LogP) is 0.246. The van der Waals surface area contributed by atoms with Crippen molar-refractivity contribution in [2.24, 2.45) is 0 Å². The molecule has 6 nitrogen and oxygen atoms in total. The number of rotatable bonds is 2. The van der Waals surface area contributed by atoms with E-state index in [0.29, 0.717) is 13.0 Å². The highest BCUT2D eigenvalue weighted by Crippen LogP contribution is 2.08. The van der Waals surface area contributed by atoms with E-state index in [9.17, 15) is 9.59 Å². The molecule has 1 heterocycles. The van der Waals surface area contributed by atoms with Crippen molar-refractivity contribution >= 4 is 12.0 Å². The number of hydrogen-bond acceptors (Lipinski definition) is 4. The van der Waals surface area contributed by atoms with Gasteiger partial charge in [-0.1, -0.05) is 0 Å². The first-order valence-corrected chi connectivity index (χ1v) is 5.29. The molecule has 0 saturated carbocycles. The summed E-state index contributed by atoms with van der Waals surface area (Å²) >= 11 is 0. The van der Waals surface area contributed by atoms with Crippen molar-refractivity contribution < 1.29 is 14.3 Å². The summed E-state index contributed by atoms with van der Waals surface area (Å²) in [5.74, 6) is -0.0175. The molecule has 1 rings (SSSR count). The molecule has 2 N–H and O–H groups in total. The van der Waals surface area contributed by atoms with E-state index in [-0.39, 0.29) is 11.9 Å². The molecule has 1 fully saturated rings. The lowest BCUT2D eigenvalue weighted by Gasteiger charge is -2.20. The summed E-state index contributed by atoms with van der Waals surface area (Å²) in [5.41, 5.74) is 4.50. The van der Waals surface area contributed by atoms with E-state index in [0.717, 1.165) is 0 Å². The molecule has 1 saturated heterocycles. The van der Waals surface area contributed by atoms with Crippen LogP contribution in [0.1, 0.15) is 27.2 Å². The fraction of sp³-hybridized carbons (Fsp3) is 0.800. The van der Waals surface area contributed by atoms with Gasteiger partial charge in [0.1, 0.15) is 11.6 Å². The predicted molar refractivity (Wildman–Crippen MR) is 58.5 cm³/mol. The van der Waals surface area contributed by atoms with Crippen LogP contribution in [0.5, 0.6) is 0 Å². The Labute approximate surface area is 95.3 Å². The third kappa shape index (κ3) is 3.69. The Kier molecular flexibility index (Phi) is 3.74. The smallest absolute Gasteiger partial charge is 0.422 e. The summed E-state index contributed by atoms with van der Waals surface area (Å²) < 4.78 is 5.02. The molecule has 1 atom stereocenters. The topological polar surface area (TPSA) is 70.7 Å². The summed E-state index contributed by atoms with van der Waals surface area (Å²) in [4.78, 5) is 24.4. The summed E-state index contributed by atoms with van der Waals surface area (Å²) in [6.45, 7) is 6.04. The minimum atomic E-state index is -0.574. The number of nitrogens with one attached hydrogen (secondary N) is 2. The Balaban J connectivity index is 2.30. The number of likely N-dealkylation sites (tertiary alicyclic amines) is 1. The number of nitrogens with zero attached hydrogens (tertiary/aromatic N) is 1. The second-order valence-corrected chi connectivity index (χ2v) is 4.87. The Hall–Kier alpha value is -1.30. The lowest BCUT2D eigenvalue weighted by Crippen LogP contribution is -2.49. The molecule has 0 spiro atoms. The Bertz CT molecular complexity index is 286. The molecule has 1 unspecified atom stereocenters. The lowest BCUT2D eigenvalue weighted by molar-refractivity contribution is -0.128. The lowest BCUT2D eigenvalue weighted by atomic mass is 10.2. The molecular formula is C10H19N3O3. The van der Waals surface area contributed by atoms with Gasteiger partial charge in [-0.15, -0.1) is 0 Å². The van der Waals surface area contributed by atoms with Crippen molar-refractivity contribution in [3.8, 4) is 0 Å². The molecule has 0 aromatic rings. The number of carbonyl (C=O) groups is 2. The van der Waals surface area contributed by atoms with E-state index in [1.54, 1.807) is 32.7 Å². The van der Waals surface area contributed by atoms with Crippen molar-refractivity contribution in [1.29, 1.82) is 0 Å². The van der Waals surface area contributed by atoms with Gasteiger partial charge in [-0.05, 0) is 27.2 Å². The van der Waals surface area contributed by atoms with E-state index in [1.807, 2.05) is 0 Å². The van der Waals surface area contributed by atoms with Crippen molar-refractivity contribution in [1.82, 2.24) is 15.8 Å². The average Bonchev–Trinajstić information content (AvgIpc) is 2.42. The maximum absolute atomic E-state index is 11.5. The van der Waals surface area contributed by atoms with Gasteiger partial charge in [-0.25, -0.2) is 10.2 Å². The summed E-state index contributed by atoms with van der Waals surface area (Å²) in [5, 5.41) is 0. The number of hydrazine groups is 1. The zero-order valence-corrected chi connectivity index (χ0v) is 10.2. The minimum Gasteiger partial charge on any atom is -0.443 e. The second-order valence-electron chi connectivity index (χ2n) is 4.87. The summed E-state index contributed by atoms with van der Waals surface area (Å²) in [6.07, 6.45) is 0.111. The largest absolute Gasteiger partial charge is 0.443 e. The molecule has 92 valence electrons. The molecule has 1 aliphatic heterocycles. The zero-order chi connectivity index (χ0) is 12.3. The van der Waals surface area contributed by atoms with Crippen LogP contribution in [0.4, 0.5) is 4.79 Å². The second kappa shape index (κ2) is 4.69. The van der Waals surface area contributed by atoms with Crippen molar-refractivity contribution in [3.63, 3.8) is 0 Å². The van der Waals surface area contributed by atoms with Crippen LogP contribution in [0.3, 0.4) is 0 Å². The number of carbonyl (C=O) groups excluding carboxylic acids is 2. The molecule has 1 aliphatic rings. The van der Waals surface area contributed by atoms with Crippen molar-refractivity contribution in [2.45, 2.75) is 38.8 Å². The van der Waals surface area contributed by atoms with Gasteiger partial charge in [0.05, 0.1) is 0 Å². The van der Waals surface area contributed by atoms with Gasteiger partial charge in [0.15, 0.2) is 0 Å². The van der Waals surface area contributed by atoms with Crippen LogP contribution < -0.4 is 10.9 Å². The fourth-order valence-electron chi connectivity index (χ4n) is 1.41. The molecule has 6 heteroatoms. The van der Waals surface area contributed by atoms with Crippen LogP contribution in [-0.2, 0) is 9.53 Å². The maximum atomic E-state index is 11.5. The van der Waals surface area contributed by atoms with E-state index in [1.165, 1.54) is 0 Å². The van der Waals surface area contributed by atoms with Gasteiger partial charge in [-0.3, -0.25) is 10.2 Å². The summed E-state index contributed by atoms with van der Waals surface area (Å²) in [7, 11) is 1.73. The monoisotopic (exact) mass is 229 g/mol. The first kappa shape index (κ1) is 12.8. The number of ether oxygens (including phenoxy) is 1. The number of hydrogen-bond donors (Lipinski definition) is 2. The Morgan fingerprint density at radius 1 is 1.50 bits per heavy atom. The molecule has 2 amide bonds. The van der Waals surface area contributed by atoms with Crippen LogP contribution in [0.15, 0.2) is 0 Å². The van der Waals surface area contributed by atoms with Gasteiger partial charge in [0.25, 0.3) is 0 Å². The highest BCUT2D eigenvalue weighted by Gasteiger charge is 2.29. The molecule has 0 aliphatic carbocycles. The Morgan fingerprint density at radius 2 is 2.12 bits per heavy atom. The van der Waals surface area contributed by atoms with E-state index in [2.05, 4.69) is 10.9 Å². The van der Waals surface area contributed by atoms with Crippen molar-refractivity contribution in [3.05, 3.63) is 0 Å². The number of amides is 2. The third-order valence-electron chi connectivity index (χ3n) is 2.17. The molecule has 0 aromatic heterocycles. The first-order chi connectivity index (χ1) is 7.29. The van der Waals surface area contributed by atoms with Crippen LogP contribution in [0, 0.1) is 0 Å². The highest BCUT2D eigenvalue weighted by molar-refractivity contribution is 5.84. The van der Waals surface area contributed by atoms with E-state index < -0.39 is 11.7 Å². The standard InChI is InChI=1S/C10H19N3O3/c1-10(2,3)16-9(15)12-11-7-5-6-13(4)8(7)14/h7,11H,5-6H2,1-4H3,(H,12,15). The minimum absolute atomic E-state index is 0.0175. The molecule has 0 radical (unpaired) electrons. The molecule has 16 heavy (non-hydrogen) atoms. The molecular weight excluding hydrogens is 210 g/mol. The normalized spacial score (nSPS) is 21.1. The van der Waals surface area contributed by atoms with Crippen LogP contribution >= 0.6 is 0 Å². The van der Waals surface area contributed by atoms with Gasteiger partial charge in [0.2, 0.25) is 5.91 Å². The summed E-state index contributed by atoms with van der Waals surface area (Å²) in [6, 6.07) is -0.350. The Morgan fingerprint density at radius 3 is 2.56 bits per heavy atom. The molecule has 0 aromatic carbocycles. The van der Waals surface area contributed by atoms with Crippen LogP contribution in [-0.4, -0.2) is 42.1 Å². The molecule has 0 bridgehead atoms. The number of likely N-dealkylation sites (N-methyl/N-ethyl adjacent to an activating group) is 1. The SMILES string of the molecule is CN1CCC(NNC(=O)OC(C)(C)C)C1=O. The van der Waals surface area contributed by atoms with Gasteiger partial charge < -0.3 is 9.64 Å². The fourth-order valence-corrected chi connectivity index (χ4v) is 1.41. The van der Waals surface area contributed by atoms with Gasteiger partial charge in [0, 0.05) is 13.6 Å².